The number of phenols is 3. The highest BCUT2D eigenvalue weighted by molar-refractivity contribution is 6.05. The summed E-state index contributed by atoms with van der Waals surface area (Å²) in [4.78, 5) is 11.9. The van der Waals surface area contributed by atoms with Gasteiger partial charge < -0.3 is 20.6 Å². The van der Waals surface area contributed by atoms with Gasteiger partial charge in [-0.2, -0.15) is 0 Å². The second kappa shape index (κ2) is 4.89. The summed E-state index contributed by atoms with van der Waals surface area (Å²) in [6.45, 7) is 1.72. The van der Waals surface area contributed by atoms with Crippen LogP contribution < -0.4 is 5.32 Å². The van der Waals surface area contributed by atoms with Crippen LogP contribution >= 0.6 is 0 Å². The molecule has 0 aliphatic carbocycles. The quantitative estimate of drug-likeness (QED) is 0.623. The molecule has 0 saturated carbocycles. The van der Waals surface area contributed by atoms with Gasteiger partial charge in [0.25, 0.3) is 5.91 Å². The number of hydrogen-bond donors (Lipinski definition) is 4. The van der Waals surface area contributed by atoms with E-state index in [9.17, 15) is 20.1 Å². The SMILES string of the molecule is Cc1cccc(NC(=O)c2ccc(O)c(O)c2)c1O. The lowest BCUT2D eigenvalue weighted by atomic mass is 10.1. The maximum Gasteiger partial charge on any atom is 0.255 e. The summed E-state index contributed by atoms with van der Waals surface area (Å²) in [5.74, 6) is -1.16. The van der Waals surface area contributed by atoms with Crippen LogP contribution in [0.25, 0.3) is 0 Å². The van der Waals surface area contributed by atoms with Gasteiger partial charge in [-0.05, 0) is 36.8 Å². The van der Waals surface area contributed by atoms with Gasteiger partial charge >= 0.3 is 0 Å². The molecule has 0 unspecified atom stereocenters. The standard InChI is InChI=1S/C14H13NO4/c1-8-3-2-4-10(13(8)18)15-14(19)9-5-6-11(16)12(17)7-9/h2-7,16-18H,1H3,(H,15,19). The van der Waals surface area contributed by atoms with E-state index in [-0.39, 0.29) is 28.5 Å². The minimum Gasteiger partial charge on any atom is -0.505 e. The zero-order valence-electron chi connectivity index (χ0n) is 10.2. The molecule has 0 aliphatic rings. The molecule has 2 rings (SSSR count). The number of phenolic OH excluding ortho intramolecular Hbond substituents is 3. The molecule has 5 heteroatoms. The number of anilines is 1. The Labute approximate surface area is 109 Å². The first kappa shape index (κ1) is 12.8. The fraction of sp³-hybridized carbons (Fsp3) is 0.0714. The fourth-order valence-corrected chi connectivity index (χ4v) is 1.62. The number of carbonyl (C=O) groups excluding carboxylic acids is 1. The van der Waals surface area contributed by atoms with Gasteiger partial charge in [0, 0.05) is 5.56 Å². The van der Waals surface area contributed by atoms with Gasteiger partial charge in [0.15, 0.2) is 11.5 Å². The minimum absolute atomic E-state index is 0.00106. The van der Waals surface area contributed by atoms with Crippen LogP contribution in [-0.2, 0) is 0 Å². The number of para-hydroxylation sites is 1. The van der Waals surface area contributed by atoms with Crippen LogP contribution in [0.2, 0.25) is 0 Å². The molecule has 5 nitrogen and oxygen atoms in total. The number of aromatic hydroxyl groups is 3. The number of rotatable bonds is 2. The summed E-state index contributed by atoms with van der Waals surface area (Å²) in [5.41, 5.74) is 1.11. The first-order valence-electron chi connectivity index (χ1n) is 5.61. The molecule has 1 amide bonds. The minimum atomic E-state index is -0.490. The lowest BCUT2D eigenvalue weighted by molar-refractivity contribution is 0.102. The zero-order chi connectivity index (χ0) is 14.0. The van der Waals surface area contributed by atoms with Crippen LogP contribution in [0.1, 0.15) is 15.9 Å². The molecule has 0 saturated heterocycles. The molecule has 4 N–H and O–H groups in total. The van der Waals surface area contributed by atoms with Crippen molar-refractivity contribution in [3.8, 4) is 17.2 Å². The third-order valence-electron chi connectivity index (χ3n) is 2.72. The number of benzene rings is 2. The average Bonchev–Trinajstić information content (AvgIpc) is 2.38. The fourth-order valence-electron chi connectivity index (χ4n) is 1.62. The van der Waals surface area contributed by atoms with Crippen LogP contribution in [0, 0.1) is 6.92 Å². The normalized spacial score (nSPS) is 10.2. The Hall–Kier alpha value is -2.69. The summed E-state index contributed by atoms with van der Waals surface area (Å²) in [5, 5.41) is 30.8. The predicted molar refractivity (Wildman–Crippen MR) is 70.6 cm³/mol. The van der Waals surface area contributed by atoms with Crippen LogP contribution in [0.15, 0.2) is 36.4 Å². The van der Waals surface area contributed by atoms with Crippen molar-refractivity contribution in [3.63, 3.8) is 0 Å². The summed E-state index contributed by atoms with van der Waals surface area (Å²) in [6, 6.07) is 8.74. The van der Waals surface area contributed by atoms with Gasteiger partial charge in [-0.25, -0.2) is 0 Å². The molecule has 0 bridgehead atoms. The Morgan fingerprint density at radius 3 is 2.47 bits per heavy atom. The van der Waals surface area contributed by atoms with E-state index in [0.717, 1.165) is 6.07 Å². The Kier molecular flexibility index (Phi) is 3.29. The summed E-state index contributed by atoms with van der Waals surface area (Å²) >= 11 is 0. The second-order valence-electron chi connectivity index (χ2n) is 4.13. The molecule has 2 aromatic rings. The zero-order valence-corrected chi connectivity index (χ0v) is 10.2. The number of aryl methyl sites for hydroxylation is 1. The van der Waals surface area contributed by atoms with Crippen molar-refractivity contribution in [3.05, 3.63) is 47.5 Å². The first-order chi connectivity index (χ1) is 8.99. The van der Waals surface area contributed by atoms with Gasteiger partial charge in [-0.1, -0.05) is 12.1 Å². The summed E-state index contributed by atoms with van der Waals surface area (Å²) < 4.78 is 0. The number of nitrogens with one attached hydrogen (secondary N) is 1. The van der Waals surface area contributed by atoms with Gasteiger partial charge in [0.2, 0.25) is 0 Å². The van der Waals surface area contributed by atoms with E-state index in [1.165, 1.54) is 12.1 Å². The van der Waals surface area contributed by atoms with Crippen molar-refractivity contribution in [2.75, 3.05) is 5.32 Å². The van der Waals surface area contributed by atoms with Crippen LogP contribution in [-0.4, -0.2) is 21.2 Å². The van der Waals surface area contributed by atoms with Gasteiger partial charge in [0.1, 0.15) is 5.75 Å². The monoisotopic (exact) mass is 259 g/mol. The van der Waals surface area contributed by atoms with E-state index in [4.69, 9.17) is 0 Å². The molecule has 0 aliphatic heterocycles. The maximum absolute atomic E-state index is 11.9. The third-order valence-corrected chi connectivity index (χ3v) is 2.72. The molecule has 0 atom stereocenters. The number of amides is 1. The molecule has 2 aromatic carbocycles. The van der Waals surface area contributed by atoms with Crippen molar-refractivity contribution in [2.24, 2.45) is 0 Å². The molecule has 98 valence electrons. The predicted octanol–water partition coefficient (Wildman–Crippen LogP) is 2.36. The molecule has 0 aromatic heterocycles. The van der Waals surface area contributed by atoms with Gasteiger partial charge in [0.05, 0.1) is 5.69 Å². The highest BCUT2D eigenvalue weighted by Gasteiger charge is 2.11. The smallest absolute Gasteiger partial charge is 0.255 e. The van der Waals surface area contributed by atoms with E-state index in [1.807, 2.05) is 0 Å². The third kappa shape index (κ3) is 2.60. The molecule has 19 heavy (non-hydrogen) atoms. The Morgan fingerprint density at radius 2 is 1.79 bits per heavy atom. The van der Waals surface area contributed by atoms with Crippen molar-refractivity contribution in [2.45, 2.75) is 6.92 Å². The average molecular weight is 259 g/mol. The van der Waals surface area contributed by atoms with E-state index in [2.05, 4.69) is 5.32 Å². The van der Waals surface area contributed by atoms with E-state index in [1.54, 1.807) is 25.1 Å². The topological polar surface area (TPSA) is 89.8 Å². The van der Waals surface area contributed by atoms with E-state index < -0.39 is 5.91 Å². The lowest BCUT2D eigenvalue weighted by Crippen LogP contribution is -2.11. The van der Waals surface area contributed by atoms with Gasteiger partial charge in [-0.15, -0.1) is 0 Å². The molecule has 0 fully saturated rings. The second-order valence-corrected chi connectivity index (χ2v) is 4.13. The molecular formula is C14H13NO4. The summed E-state index contributed by atoms with van der Waals surface area (Å²) in [7, 11) is 0. The highest BCUT2D eigenvalue weighted by Crippen LogP contribution is 2.28. The molecule has 0 spiro atoms. The van der Waals surface area contributed by atoms with Crippen LogP contribution in [0.5, 0.6) is 17.2 Å². The van der Waals surface area contributed by atoms with Gasteiger partial charge in [-0.3, -0.25) is 4.79 Å². The Balaban J connectivity index is 2.26. The van der Waals surface area contributed by atoms with E-state index >= 15 is 0 Å². The van der Waals surface area contributed by atoms with E-state index in [0.29, 0.717) is 5.56 Å². The van der Waals surface area contributed by atoms with Crippen molar-refractivity contribution in [1.82, 2.24) is 0 Å². The van der Waals surface area contributed by atoms with Crippen molar-refractivity contribution in [1.29, 1.82) is 0 Å². The molecular weight excluding hydrogens is 246 g/mol. The Morgan fingerprint density at radius 1 is 1.05 bits per heavy atom. The molecule has 0 heterocycles. The van der Waals surface area contributed by atoms with Crippen LogP contribution in [0.3, 0.4) is 0 Å². The first-order valence-corrected chi connectivity index (χ1v) is 5.61. The largest absolute Gasteiger partial charge is 0.505 e. The highest BCUT2D eigenvalue weighted by atomic mass is 16.3. The van der Waals surface area contributed by atoms with Crippen LogP contribution in [0.4, 0.5) is 5.69 Å². The van der Waals surface area contributed by atoms with Crippen molar-refractivity contribution >= 4 is 11.6 Å². The summed E-state index contributed by atoms with van der Waals surface area (Å²) in [6.07, 6.45) is 0. The Bertz CT molecular complexity index is 637. The molecule has 0 radical (unpaired) electrons. The maximum atomic E-state index is 11.9. The number of carbonyl (C=O) groups is 1. The van der Waals surface area contributed by atoms with Crippen molar-refractivity contribution < 1.29 is 20.1 Å². The number of hydrogen-bond acceptors (Lipinski definition) is 4. The lowest BCUT2D eigenvalue weighted by Gasteiger charge is -2.09.